The Balaban J connectivity index is 2.27. The summed E-state index contributed by atoms with van der Waals surface area (Å²) in [5.41, 5.74) is 19.6. The van der Waals surface area contributed by atoms with Crippen LogP contribution in [0.15, 0.2) is 41.5 Å². The van der Waals surface area contributed by atoms with Gasteiger partial charge >= 0.3 is 0 Å². The fourth-order valence-corrected chi connectivity index (χ4v) is 3.17. The van der Waals surface area contributed by atoms with Crippen molar-refractivity contribution in [1.29, 1.82) is 0 Å². The number of hydrogen-bond donors (Lipinski definition) is 1. The number of fused-ring (bicyclic) bond motifs is 3. The summed E-state index contributed by atoms with van der Waals surface area (Å²) in [7, 11) is 0. The number of benzene rings is 2. The first kappa shape index (κ1) is 13.6. The van der Waals surface area contributed by atoms with Crippen molar-refractivity contribution in [2.45, 2.75) is 12.4 Å². The summed E-state index contributed by atoms with van der Waals surface area (Å²) in [4.78, 5) is 4.90. The Hall–Kier alpha value is -2.36. The third-order valence-electron chi connectivity index (χ3n) is 3.69. The molecule has 0 bridgehead atoms. The maximum absolute atomic E-state index is 8.59. The molecular weight excluding hydrogens is 286 g/mol. The molecule has 0 aromatic heterocycles. The number of nitrogens with zero attached hydrogens (tertiary/aromatic N) is 4. The number of halogens is 1. The first-order valence-corrected chi connectivity index (χ1v) is 7.09. The summed E-state index contributed by atoms with van der Waals surface area (Å²) in [6.07, 6.45) is 0. The summed E-state index contributed by atoms with van der Waals surface area (Å²) < 4.78 is 0. The van der Waals surface area contributed by atoms with Crippen molar-refractivity contribution in [2.75, 3.05) is 17.2 Å². The Morgan fingerprint density at radius 2 is 2.05 bits per heavy atom. The number of anilines is 2. The number of rotatable bonds is 2. The van der Waals surface area contributed by atoms with Crippen molar-refractivity contribution in [2.24, 2.45) is 5.11 Å². The molecule has 5 nitrogen and oxygen atoms in total. The highest BCUT2D eigenvalue weighted by atomic mass is 35.5. The molecule has 1 aliphatic heterocycles. The second-order valence-corrected chi connectivity index (χ2v) is 5.27. The Bertz CT molecular complexity index is 752. The summed E-state index contributed by atoms with van der Waals surface area (Å²) in [6.45, 7) is 2.78. The molecule has 0 aliphatic carbocycles. The van der Waals surface area contributed by atoms with Crippen molar-refractivity contribution >= 4 is 28.7 Å². The van der Waals surface area contributed by atoms with Crippen LogP contribution in [-0.4, -0.2) is 6.54 Å². The van der Waals surface area contributed by atoms with E-state index in [1.54, 1.807) is 6.07 Å². The average molecular weight is 300 g/mol. The molecular formula is C15H14ClN5. The molecule has 106 valence electrons. The standard InChI is InChI=1S/C15H14ClN5/c1-2-21-14-8-10(19-20-18)4-6-12(14)11-5-3-9(17)7-13(11)15(21)16/h3-8,15H,2,17H2,1H3. The van der Waals surface area contributed by atoms with Gasteiger partial charge in [0.15, 0.2) is 0 Å². The van der Waals surface area contributed by atoms with Crippen LogP contribution in [0.4, 0.5) is 17.1 Å². The van der Waals surface area contributed by atoms with E-state index in [2.05, 4.69) is 14.9 Å². The molecule has 3 rings (SSSR count). The maximum atomic E-state index is 8.59. The minimum atomic E-state index is -0.290. The Labute approximate surface area is 127 Å². The first-order chi connectivity index (χ1) is 10.2. The van der Waals surface area contributed by atoms with Crippen LogP contribution >= 0.6 is 11.6 Å². The van der Waals surface area contributed by atoms with Gasteiger partial charge in [0.2, 0.25) is 0 Å². The predicted molar refractivity (Wildman–Crippen MR) is 86.7 cm³/mol. The van der Waals surface area contributed by atoms with E-state index < -0.39 is 0 Å². The molecule has 1 unspecified atom stereocenters. The molecule has 0 saturated carbocycles. The van der Waals surface area contributed by atoms with Crippen molar-refractivity contribution in [1.82, 2.24) is 0 Å². The molecule has 1 heterocycles. The maximum Gasteiger partial charge on any atom is 0.130 e. The Morgan fingerprint density at radius 1 is 1.29 bits per heavy atom. The lowest BCUT2D eigenvalue weighted by Crippen LogP contribution is -2.28. The zero-order valence-corrected chi connectivity index (χ0v) is 12.2. The molecule has 0 fully saturated rings. The predicted octanol–water partition coefficient (Wildman–Crippen LogP) is 4.95. The zero-order valence-electron chi connectivity index (χ0n) is 11.5. The number of alkyl halides is 1. The number of nitrogen functional groups attached to an aromatic ring is 1. The zero-order chi connectivity index (χ0) is 15.0. The van der Waals surface area contributed by atoms with Crippen LogP contribution in [0, 0.1) is 0 Å². The second-order valence-electron chi connectivity index (χ2n) is 4.86. The van der Waals surface area contributed by atoms with E-state index in [9.17, 15) is 0 Å². The van der Waals surface area contributed by atoms with Crippen molar-refractivity contribution < 1.29 is 0 Å². The van der Waals surface area contributed by atoms with Gasteiger partial charge in [0.1, 0.15) is 5.50 Å². The van der Waals surface area contributed by atoms with Crippen LogP contribution in [0.1, 0.15) is 18.0 Å². The van der Waals surface area contributed by atoms with Gasteiger partial charge in [0.25, 0.3) is 0 Å². The summed E-state index contributed by atoms with van der Waals surface area (Å²) >= 11 is 6.61. The van der Waals surface area contributed by atoms with Gasteiger partial charge in [-0.3, -0.25) is 0 Å². The molecule has 2 aromatic rings. The SMILES string of the molecule is CCN1c2cc(N=[N+]=[N-])ccc2-c2ccc(N)cc2C1Cl. The molecule has 6 heteroatoms. The van der Waals surface area contributed by atoms with E-state index in [4.69, 9.17) is 22.9 Å². The quantitative estimate of drug-likeness (QED) is 0.212. The summed E-state index contributed by atoms with van der Waals surface area (Å²) in [6, 6.07) is 11.4. The van der Waals surface area contributed by atoms with Crippen LogP contribution in [0.3, 0.4) is 0 Å². The van der Waals surface area contributed by atoms with Gasteiger partial charge in [-0.15, -0.1) is 0 Å². The van der Waals surface area contributed by atoms with Crippen LogP contribution in [0.25, 0.3) is 21.6 Å². The van der Waals surface area contributed by atoms with Gasteiger partial charge in [-0.05, 0) is 41.8 Å². The van der Waals surface area contributed by atoms with Gasteiger partial charge < -0.3 is 10.6 Å². The molecule has 2 N–H and O–H groups in total. The van der Waals surface area contributed by atoms with E-state index in [0.29, 0.717) is 11.4 Å². The van der Waals surface area contributed by atoms with E-state index in [1.165, 1.54) is 0 Å². The monoisotopic (exact) mass is 299 g/mol. The van der Waals surface area contributed by atoms with Gasteiger partial charge in [-0.2, -0.15) is 0 Å². The highest BCUT2D eigenvalue weighted by Gasteiger charge is 2.28. The number of hydrogen-bond acceptors (Lipinski definition) is 3. The lowest BCUT2D eigenvalue weighted by molar-refractivity contribution is 0.797. The topological polar surface area (TPSA) is 78.0 Å². The van der Waals surface area contributed by atoms with Crippen molar-refractivity contribution in [3.8, 4) is 11.1 Å². The molecule has 0 spiro atoms. The van der Waals surface area contributed by atoms with Crippen LogP contribution < -0.4 is 10.6 Å². The minimum Gasteiger partial charge on any atom is -0.399 e. The van der Waals surface area contributed by atoms with Crippen LogP contribution in [0.5, 0.6) is 0 Å². The number of azide groups is 1. The third-order valence-corrected chi connectivity index (χ3v) is 4.16. The Kier molecular flexibility index (Phi) is 3.37. The van der Waals surface area contributed by atoms with Gasteiger partial charge in [0.05, 0.1) is 0 Å². The summed E-state index contributed by atoms with van der Waals surface area (Å²) in [5.74, 6) is 0. The van der Waals surface area contributed by atoms with Crippen molar-refractivity contribution in [3.05, 3.63) is 52.4 Å². The number of nitrogens with two attached hydrogens (primary N) is 1. The second kappa shape index (κ2) is 5.20. The highest BCUT2D eigenvalue weighted by molar-refractivity contribution is 6.23. The van der Waals surface area contributed by atoms with Crippen LogP contribution in [-0.2, 0) is 0 Å². The van der Waals surface area contributed by atoms with E-state index >= 15 is 0 Å². The van der Waals surface area contributed by atoms with E-state index in [1.807, 2.05) is 37.3 Å². The van der Waals surface area contributed by atoms with Crippen molar-refractivity contribution in [3.63, 3.8) is 0 Å². The first-order valence-electron chi connectivity index (χ1n) is 6.65. The van der Waals surface area contributed by atoms with E-state index in [-0.39, 0.29) is 5.50 Å². The molecule has 0 saturated heterocycles. The van der Waals surface area contributed by atoms with Gasteiger partial charge in [0, 0.05) is 34.1 Å². The van der Waals surface area contributed by atoms with E-state index in [0.717, 1.165) is 28.9 Å². The van der Waals surface area contributed by atoms with Crippen LogP contribution in [0.2, 0.25) is 0 Å². The molecule has 1 atom stereocenters. The molecule has 21 heavy (non-hydrogen) atoms. The third kappa shape index (κ3) is 2.17. The largest absolute Gasteiger partial charge is 0.399 e. The van der Waals surface area contributed by atoms with Gasteiger partial charge in [-0.1, -0.05) is 34.9 Å². The highest BCUT2D eigenvalue weighted by Crippen LogP contribution is 2.47. The molecule has 0 amide bonds. The smallest absolute Gasteiger partial charge is 0.130 e. The normalized spacial score (nSPS) is 15.9. The molecule has 2 aromatic carbocycles. The van der Waals surface area contributed by atoms with Gasteiger partial charge in [-0.25, -0.2) is 0 Å². The lowest BCUT2D eigenvalue weighted by Gasteiger charge is -2.36. The molecule has 1 aliphatic rings. The lowest BCUT2D eigenvalue weighted by atomic mass is 9.92. The minimum absolute atomic E-state index is 0.290. The molecule has 0 radical (unpaired) electrons. The fourth-order valence-electron chi connectivity index (χ4n) is 2.74. The Morgan fingerprint density at radius 3 is 2.76 bits per heavy atom. The average Bonchev–Trinajstić information content (AvgIpc) is 2.48. The summed E-state index contributed by atoms with van der Waals surface area (Å²) in [5, 5.41) is 3.67. The fraction of sp³-hybridized carbons (Fsp3) is 0.200.